The number of halogens is 1. The summed E-state index contributed by atoms with van der Waals surface area (Å²) >= 11 is 5.92. The average Bonchev–Trinajstić information content (AvgIpc) is 3.02. The van der Waals surface area contributed by atoms with E-state index in [1.54, 1.807) is 24.3 Å². The van der Waals surface area contributed by atoms with Crippen LogP contribution in [-0.2, 0) is 0 Å². The molecule has 2 atom stereocenters. The topological polar surface area (TPSA) is 111 Å². The van der Waals surface area contributed by atoms with E-state index >= 15 is 0 Å². The first kappa shape index (κ1) is 14.7. The average molecular weight is 323 g/mol. The van der Waals surface area contributed by atoms with Gasteiger partial charge >= 0.3 is 6.09 Å². The van der Waals surface area contributed by atoms with E-state index < -0.39 is 18.2 Å². The van der Waals surface area contributed by atoms with Crippen LogP contribution in [0.25, 0.3) is 10.9 Å². The largest absolute Gasteiger partial charge is 0.465 e. The van der Waals surface area contributed by atoms with Crippen LogP contribution in [0.5, 0.6) is 0 Å². The molecule has 8 heteroatoms. The van der Waals surface area contributed by atoms with Crippen molar-refractivity contribution >= 4 is 34.5 Å². The molecular formula is C14H15ClN4O3. The minimum absolute atomic E-state index is 0.189. The number of rotatable bonds is 2. The van der Waals surface area contributed by atoms with Crippen molar-refractivity contribution in [3.8, 4) is 0 Å². The molecule has 1 aliphatic heterocycles. The fraction of sp³-hybridized carbons (Fsp3) is 0.286. The van der Waals surface area contributed by atoms with E-state index in [1.165, 1.54) is 4.90 Å². The zero-order valence-corrected chi connectivity index (χ0v) is 12.3. The molecule has 1 fully saturated rings. The predicted octanol–water partition coefficient (Wildman–Crippen LogP) is 1.24. The lowest BCUT2D eigenvalue weighted by atomic mass is 10.2. The summed E-state index contributed by atoms with van der Waals surface area (Å²) in [6, 6.07) is 6.17. The van der Waals surface area contributed by atoms with E-state index in [0.29, 0.717) is 10.7 Å². The van der Waals surface area contributed by atoms with Crippen molar-refractivity contribution in [3.63, 3.8) is 0 Å². The molecule has 116 valence electrons. The molecule has 0 saturated carbocycles. The van der Waals surface area contributed by atoms with Gasteiger partial charge in [0.1, 0.15) is 5.69 Å². The Morgan fingerprint density at radius 3 is 2.82 bits per heavy atom. The fourth-order valence-electron chi connectivity index (χ4n) is 2.61. The van der Waals surface area contributed by atoms with Gasteiger partial charge in [-0.25, -0.2) is 4.79 Å². The van der Waals surface area contributed by atoms with Gasteiger partial charge in [0.25, 0.3) is 5.91 Å². The molecule has 1 aromatic heterocycles. The van der Waals surface area contributed by atoms with Crippen LogP contribution in [0, 0.1) is 0 Å². The number of hydrogen-bond donors (Lipinski definition) is 4. The molecule has 2 amide bonds. The number of aromatic nitrogens is 1. The molecule has 7 nitrogen and oxygen atoms in total. The number of likely N-dealkylation sites (tertiary alicyclic amines) is 1. The number of nitrogens with zero attached hydrogens (tertiary/aromatic N) is 1. The molecule has 0 spiro atoms. The number of benzene rings is 1. The standard InChI is InChI=1S/C14H15ClN4O3/c15-8-1-2-10-7(3-8)4-11(17-10)13(20)18-12-6-19(14(21)22)5-9(12)16/h1-4,9,12,17H,5-6,16H2,(H,18,20)(H,21,22)/t9-,12-/m1/s1. The highest BCUT2D eigenvalue weighted by Gasteiger charge is 2.34. The second kappa shape index (κ2) is 5.51. The number of carbonyl (C=O) groups is 2. The van der Waals surface area contributed by atoms with Crippen LogP contribution in [0.1, 0.15) is 10.5 Å². The Hall–Kier alpha value is -2.25. The summed E-state index contributed by atoms with van der Waals surface area (Å²) in [5.74, 6) is -0.319. The lowest BCUT2D eigenvalue weighted by Gasteiger charge is -2.15. The summed E-state index contributed by atoms with van der Waals surface area (Å²) in [6.07, 6.45) is -1.03. The summed E-state index contributed by atoms with van der Waals surface area (Å²) in [6.45, 7) is 0.400. The highest BCUT2D eigenvalue weighted by molar-refractivity contribution is 6.31. The lowest BCUT2D eigenvalue weighted by molar-refractivity contribution is 0.0929. The second-order valence-corrected chi connectivity index (χ2v) is 5.78. The number of amides is 2. The summed E-state index contributed by atoms with van der Waals surface area (Å²) in [7, 11) is 0. The smallest absolute Gasteiger partial charge is 0.407 e. The number of aromatic amines is 1. The maximum Gasteiger partial charge on any atom is 0.407 e. The monoisotopic (exact) mass is 322 g/mol. The number of nitrogens with two attached hydrogens (primary N) is 1. The van der Waals surface area contributed by atoms with Gasteiger partial charge in [-0.15, -0.1) is 0 Å². The first-order valence-electron chi connectivity index (χ1n) is 6.76. The second-order valence-electron chi connectivity index (χ2n) is 5.35. The van der Waals surface area contributed by atoms with Crippen molar-refractivity contribution in [2.45, 2.75) is 12.1 Å². The molecule has 5 N–H and O–H groups in total. The quantitative estimate of drug-likeness (QED) is 0.666. The third-order valence-corrected chi connectivity index (χ3v) is 4.01. The minimum atomic E-state index is -1.03. The van der Waals surface area contributed by atoms with Crippen molar-refractivity contribution in [3.05, 3.63) is 35.0 Å². The molecular weight excluding hydrogens is 308 g/mol. The van der Waals surface area contributed by atoms with Gasteiger partial charge in [-0.1, -0.05) is 11.6 Å². The van der Waals surface area contributed by atoms with E-state index in [0.717, 1.165) is 10.9 Å². The SMILES string of the molecule is N[C@@H]1CN(C(=O)O)C[C@H]1NC(=O)c1cc2cc(Cl)ccc2[nH]1. The Morgan fingerprint density at radius 1 is 1.36 bits per heavy atom. The third kappa shape index (κ3) is 2.72. The number of hydrogen-bond acceptors (Lipinski definition) is 3. The first-order valence-corrected chi connectivity index (χ1v) is 7.14. The Kier molecular flexibility index (Phi) is 3.67. The Labute approximate surface area is 131 Å². The van der Waals surface area contributed by atoms with Crippen LogP contribution >= 0.6 is 11.6 Å². The molecule has 1 aliphatic rings. The molecule has 0 bridgehead atoms. The van der Waals surface area contributed by atoms with Crippen LogP contribution in [-0.4, -0.2) is 52.2 Å². The zero-order chi connectivity index (χ0) is 15.9. The van der Waals surface area contributed by atoms with Crippen LogP contribution in [0.3, 0.4) is 0 Å². The first-order chi connectivity index (χ1) is 10.4. The molecule has 3 rings (SSSR count). The van der Waals surface area contributed by atoms with Gasteiger partial charge in [0.05, 0.1) is 6.04 Å². The van der Waals surface area contributed by atoms with Gasteiger partial charge in [-0.2, -0.15) is 0 Å². The summed E-state index contributed by atoms with van der Waals surface area (Å²) < 4.78 is 0. The summed E-state index contributed by atoms with van der Waals surface area (Å²) in [5.41, 5.74) is 7.07. The fourth-order valence-corrected chi connectivity index (χ4v) is 2.79. The van der Waals surface area contributed by atoms with Gasteiger partial charge in [0.2, 0.25) is 0 Å². The summed E-state index contributed by atoms with van der Waals surface area (Å²) in [5, 5.41) is 13.2. The van der Waals surface area contributed by atoms with Gasteiger partial charge in [0.15, 0.2) is 0 Å². The Morgan fingerprint density at radius 2 is 2.14 bits per heavy atom. The van der Waals surface area contributed by atoms with Gasteiger partial charge < -0.3 is 26.0 Å². The molecule has 1 saturated heterocycles. The van der Waals surface area contributed by atoms with Crippen molar-refractivity contribution in [2.75, 3.05) is 13.1 Å². The van der Waals surface area contributed by atoms with Gasteiger partial charge in [-0.3, -0.25) is 4.79 Å². The number of carbonyl (C=O) groups excluding carboxylic acids is 1. The highest BCUT2D eigenvalue weighted by Crippen LogP contribution is 2.20. The predicted molar refractivity (Wildman–Crippen MR) is 82.1 cm³/mol. The lowest BCUT2D eigenvalue weighted by Crippen LogP contribution is -2.46. The van der Waals surface area contributed by atoms with Crippen LogP contribution < -0.4 is 11.1 Å². The normalized spacial score (nSPS) is 21.3. The number of H-pyrrole nitrogens is 1. The van der Waals surface area contributed by atoms with E-state index in [9.17, 15) is 9.59 Å². The van der Waals surface area contributed by atoms with Gasteiger partial charge in [0, 0.05) is 35.1 Å². The maximum atomic E-state index is 12.3. The van der Waals surface area contributed by atoms with E-state index in [-0.39, 0.29) is 19.0 Å². The molecule has 0 unspecified atom stereocenters. The minimum Gasteiger partial charge on any atom is -0.465 e. The van der Waals surface area contributed by atoms with Gasteiger partial charge in [-0.05, 0) is 24.3 Å². The van der Waals surface area contributed by atoms with Crippen LogP contribution in [0.2, 0.25) is 5.02 Å². The molecule has 22 heavy (non-hydrogen) atoms. The van der Waals surface area contributed by atoms with E-state index in [1.807, 2.05) is 0 Å². The highest BCUT2D eigenvalue weighted by atomic mass is 35.5. The molecule has 2 aromatic rings. The molecule has 2 heterocycles. The van der Waals surface area contributed by atoms with Crippen molar-refractivity contribution in [1.82, 2.24) is 15.2 Å². The molecule has 0 aliphatic carbocycles. The number of nitrogens with one attached hydrogen (secondary N) is 2. The van der Waals surface area contributed by atoms with E-state index in [2.05, 4.69) is 10.3 Å². The molecule has 1 aromatic carbocycles. The maximum absolute atomic E-state index is 12.3. The molecule has 0 radical (unpaired) electrons. The third-order valence-electron chi connectivity index (χ3n) is 3.78. The zero-order valence-electron chi connectivity index (χ0n) is 11.5. The van der Waals surface area contributed by atoms with Crippen LogP contribution in [0.4, 0.5) is 4.79 Å². The van der Waals surface area contributed by atoms with E-state index in [4.69, 9.17) is 22.4 Å². The van der Waals surface area contributed by atoms with Crippen molar-refractivity contribution in [1.29, 1.82) is 0 Å². The Balaban J connectivity index is 1.74. The van der Waals surface area contributed by atoms with Crippen molar-refractivity contribution < 1.29 is 14.7 Å². The Bertz CT molecular complexity index is 745. The van der Waals surface area contributed by atoms with Crippen LogP contribution in [0.15, 0.2) is 24.3 Å². The number of carboxylic acid groups (broad SMARTS) is 1. The van der Waals surface area contributed by atoms with Crippen molar-refractivity contribution in [2.24, 2.45) is 5.73 Å². The summed E-state index contributed by atoms with van der Waals surface area (Å²) in [4.78, 5) is 27.4. The number of fused-ring (bicyclic) bond motifs is 1.